The third-order valence-electron chi connectivity index (χ3n) is 5.06. The molecule has 2 aromatic heterocycles. The molecule has 6 nitrogen and oxygen atoms in total. The molecule has 1 saturated carbocycles. The van der Waals surface area contributed by atoms with Crippen molar-refractivity contribution in [3.63, 3.8) is 0 Å². The van der Waals surface area contributed by atoms with E-state index in [4.69, 9.17) is 17.3 Å². The van der Waals surface area contributed by atoms with Gasteiger partial charge in [0.1, 0.15) is 5.82 Å². The molecule has 0 bridgehead atoms. The summed E-state index contributed by atoms with van der Waals surface area (Å²) in [6, 6.07) is 0. The van der Waals surface area contributed by atoms with Gasteiger partial charge in [0.15, 0.2) is 4.77 Å². The predicted molar refractivity (Wildman–Crippen MR) is 102 cm³/mol. The van der Waals surface area contributed by atoms with Crippen LogP contribution in [0.3, 0.4) is 0 Å². The number of aromatic nitrogens is 4. The maximum Gasteiger partial charge on any atom is 0.199 e. The fourth-order valence-electron chi connectivity index (χ4n) is 3.48. The normalized spacial score (nSPS) is 19.6. The summed E-state index contributed by atoms with van der Waals surface area (Å²) >= 11 is 7.40. The first-order chi connectivity index (χ1) is 12.1. The average molecular weight is 379 g/mol. The lowest BCUT2D eigenvalue weighted by Gasteiger charge is -2.34. The van der Waals surface area contributed by atoms with Crippen LogP contribution in [0.15, 0.2) is 5.38 Å². The Bertz CT molecular complexity index is 779. The van der Waals surface area contributed by atoms with Crippen molar-refractivity contribution in [1.82, 2.24) is 29.1 Å². The number of thiazole rings is 1. The van der Waals surface area contributed by atoms with E-state index in [2.05, 4.69) is 38.6 Å². The van der Waals surface area contributed by atoms with Gasteiger partial charge in [0.25, 0.3) is 0 Å². The van der Waals surface area contributed by atoms with Gasteiger partial charge in [-0.1, -0.05) is 0 Å². The zero-order valence-electron chi connectivity index (χ0n) is 15.0. The number of hydrogen-bond donors (Lipinski definition) is 0. The van der Waals surface area contributed by atoms with Gasteiger partial charge in [-0.3, -0.25) is 9.80 Å². The zero-order chi connectivity index (χ0) is 17.4. The van der Waals surface area contributed by atoms with Gasteiger partial charge in [-0.25, -0.2) is 9.67 Å². The molecule has 3 heterocycles. The van der Waals surface area contributed by atoms with Gasteiger partial charge in [-0.2, -0.15) is 5.10 Å². The van der Waals surface area contributed by atoms with Crippen molar-refractivity contribution >= 4 is 23.6 Å². The Morgan fingerprint density at radius 3 is 2.52 bits per heavy atom. The highest BCUT2D eigenvalue weighted by Gasteiger charge is 2.30. The summed E-state index contributed by atoms with van der Waals surface area (Å²) in [7, 11) is 0. The van der Waals surface area contributed by atoms with Gasteiger partial charge in [-0.05, 0) is 38.9 Å². The lowest BCUT2D eigenvalue weighted by Crippen LogP contribution is -2.46. The Labute approximate surface area is 158 Å². The van der Waals surface area contributed by atoms with E-state index in [9.17, 15) is 0 Å². The van der Waals surface area contributed by atoms with Crippen molar-refractivity contribution in [3.05, 3.63) is 26.7 Å². The number of nitrogens with zero attached hydrogens (tertiary/aromatic N) is 6. The minimum atomic E-state index is 0.640. The summed E-state index contributed by atoms with van der Waals surface area (Å²) < 4.78 is 5.13. The molecule has 2 fully saturated rings. The quantitative estimate of drug-likeness (QED) is 0.723. The minimum Gasteiger partial charge on any atom is -0.304 e. The molecule has 136 valence electrons. The van der Waals surface area contributed by atoms with Crippen molar-refractivity contribution in [2.75, 3.05) is 26.2 Å². The molecule has 0 amide bonds. The first-order valence-corrected chi connectivity index (χ1v) is 10.5. The molecule has 1 saturated heterocycles. The lowest BCUT2D eigenvalue weighted by molar-refractivity contribution is 0.0972. The van der Waals surface area contributed by atoms with Crippen LogP contribution in [0.25, 0.3) is 0 Å². The summed E-state index contributed by atoms with van der Waals surface area (Å²) in [5.41, 5.74) is 1.20. The minimum absolute atomic E-state index is 0.640. The third kappa shape index (κ3) is 3.86. The summed E-state index contributed by atoms with van der Waals surface area (Å²) in [6.07, 6.45) is 2.53. The van der Waals surface area contributed by atoms with Crippen molar-refractivity contribution in [2.24, 2.45) is 0 Å². The molecule has 0 spiro atoms. The van der Waals surface area contributed by atoms with Gasteiger partial charge >= 0.3 is 0 Å². The van der Waals surface area contributed by atoms with Crippen LogP contribution >= 0.6 is 23.6 Å². The van der Waals surface area contributed by atoms with Crippen molar-refractivity contribution in [3.8, 4) is 0 Å². The Morgan fingerprint density at radius 2 is 1.92 bits per heavy atom. The maximum atomic E-state index is 5.66. The Balaban J connectivity index is 1.35. The van der Waals surface area contributed by atoms with Crippen molar-refractivity contribution in [2.45, 2.75) is 52.4 Å². The highest BCUT2D eigenvalue weighted by atomic mass is 32.1. The molecule has 0 aromatic carbocycles. The van der Waals surface area contributed by atoms with E-state index in [1.165, 1.54) is 24.4 Å². The van der Waals surface area contributed by atoms with Crippen LogP contribution in [0, 0.1) is 11.7 Å². The fraction of sp³-hybridized carbons (Fsp3) is 0.706. The molecule has 0 unspecified atom stereocenters. The largest absolute Gasteiger partial charge is 0.304 e. The summed E-state index contributed by atoms with van der Waals surface area (Å²) in [6.45, 7) is 11.2. The Kier molecular flexibility index (Phi) is 5.04. The summed E-state index contributed by atoms with van der Waals surface area (Å²) in [5, 5.41) is 8.17. The second-order valence-corrected chi connectivity index (χ2v) is 8.48. The number of piperazine rings is 1. The topological polar surface area (TPSA) is 42.1 Å². The molecular formula is C17H26N6S2. The summed E-state index contributed by atoms with van der Waals surface area (Å²) in [4.78, 5) is 9.53. The third-order valence-corrected chi connectivity index (χ3v) is 6.31. The molecule has 1 aliphatic heterocycles. The van der Waals surface area contributed by atoms with E-state index in [1.54, 1.807) is 11.3 Å². The van der Waals surface area contributed by atoms with Crippen LogP contribution in [0.4, 0.5) is 0 Å². The monoisotopic (exact) mass is 378 g/mol. The van der Waals surface area contributed by atoms with E-state index in [0.29, 0.717) is 5.92 Å². The van der Waals surface area contributed by atoms with Crippen LogP contribution in [0.2, 0.25) is 0 Å². The van der Waals surface area contributed by atoms with Crippen LogP contribution in [0.5, 0.6) is 0 Å². The van der Waals surface area contributed by atoms with Gasteiger partial charge in [0, 0.05) is 50.6 Å². The molecular weight excluding hydrogens is 352 g/mol. The Morgan fingerprint density at radius 1 is 1.20 bits per heavy atom. The molecule has 8 heteroatoms. The van der Waals surface area contributed by atoms with E-state index >= 15 is 0 Å². The first-order valence-electron chi connectivity index (χ1n) is 9.17. The van der Waals surface area contributed by atoms with E-state index in [0.717, 1.165) is 55.7 Å². The fourth-order valence-corrected chi connectivity index (χ4v) is 4.40. The molecule has 2 aliphatic rings. The zero-order valence-corrected chi connectivity index (χ0v) is 16.7. The van der Waals surface area contributed by atoms with Crippen molar-refractivity contribution < 1.29 is 0 Å². The molecule has 4 rings (SSSR count). The van der Waals surface area contributed by atoms with Gasteiger partial charge in [-0.15, -0.1) is 11.3 Å². The first kappa shape index (κ1) is 17.3. The van der Waals surface area contributed by atoms with Crippen LogP contribution in [-0.4, -0.2) is 55.3 Å². The van der Waals surface area contributed by atoms with Crippen LogP contribution in [0.1, 0.15) is 42.2 Å². The van der Waals surface area contributed by atoms with E-state index < -0.39 is 0 Å². The highest BCUT2D eigenvalue weighted by molar-refractivity contribution is 7.71. The van der Waals surface area contributed by atoms with Gasteiger partial charge in [0.05, 0.1) is 17.4 Å². The highest BCUT2D eigenvalue weighted by Crippen LogP contribution is 2.39. The molecule has 1 aliphatic carbocycles. The van der Waals surface area contributed by atoms with Gasteiger partial charge < -0.3 is 4.57 Å². The SMILES string of the molecule is CCn1c(C2CC2)nn(CN2CCN(Cc3csc(C)n3)CC2)c1=S. The molecule has 0 N–H and O–H groups in total. The molecule has 0 radical (unpaired) electrons. The van der Waals surface area contributed by atoms with Crippen molar-refractivity contribution in [1.29, 1.82) is 0 Å². The van der Waals surface area contributed by atoms with E-state index in [1.807, 2.05) is 4.68 Å². The Hall–Kier alpha value is -1.09. The smallest absolute Gasteiger partial charge is 0.199 e. The van der Waals surface area contributed by atoms with Gasteiger partial charge in [0.2, 0.25) is 0 Å². The standard InChI is InChI=1S/C17H26N6S2/c1-3-22-16(14-4-5-14)19-23(17(22)24)12-21-8-6-20(7-9-21)10-15-11-25-13(2)18-15/h11,14H,3-10,12H2,1-2H3. The maximum absolute atomic E-state index is 5.66. The lowest BCUT2D eigenvalue weighted by atomic mass is 10.3. The number of aryl methyl sites for hydroxylation is 1. The number of rotatable bonds is 6. The van der Waals surface area contributed by atoms with Crippen LogP contribution in [-0.2, 0) is 19.8 Å². The number of hydrogen-bond acceptors (Lipinski definition) is 6. The second-order valence-electron chi connectivity index (χ2n) is 7.05. The summed E-state index contributed by atoms with van der Waals surface area (Å²) in [5.74, 6) is 1.84. The molecule has 0 atom stereocenters. The van der Waals surface area contributed by atoms with Crippen LogP contribution < -0.4 is 0 Å². The second kappa shape index (κ2) is 7.26. The average Bonchev–Trinajstić information content (AvgIpc) is 3.30. The van der Waals surface area contributed by atoms with E-state index in [-0.39, 0.29) is 0 Å². The predicted octanol–water partition coefficient (Wildman–Crippen LogP) is 2.85. The molecule has 2 aromatic rings. The molecule has 25 heavy (non-hydrogen) atoms.